The molecule has 0 heterocycles. The van der Waals surface area contributed by atoms with Gasteiger partial charge in [-0.3, -0.25) is 9.79 Å². The van der Waals surface area contributed by atoms with E-state index in [9.17, 15) is 4.79 Å². The molecule has 4 nitrogen and oxygen atoms in total. The summed E-state index contributed by atoms with van der Waals surface area (Å²) < 4.78 is 9.45. The van der Waals surface area contributed by atoms with Crippen molar-refractivity contribution in [3.05, 3.63) is 18.1 Å². The van der Waals surface area contributed by atoms with Crippen LogP contribution in [-0.2, 0) is 14.3 Å². The van der Waals surface area contributed by atoms with E-state index in [4.69, 9.17) is 4.74 Å². The zero-order chi connectivity index (χ0) is 11.0. The number of esters is 1. The van der Waals surface area contributed by atoms with E-state index in [-0.39, 0.29) is 11.7 Å². The molecule has 0 N–H and O–H groups in total. The van der Waals surface area contributed by atoms with Crippen molar-refractivity contribution >= 4 is 22.8 Å². The Morgan fingerprint density at radius 1 is 1.50 bits per heavy atom. The van der Waals surface area contributed by atoms with Crippen LogP contribution in [0.2, 0.25) is 0 Å². The summed E-state index contributed by atoms with van der Waals surface area (Å²) in [5.74, 6) is 0.314. The van der Waals surface area contributed by atoms with E-state index in [1.54, 1.807) is 7.05 Å². The van der Waals surface area contributed by atoms with E-state index >= 15 is 0 Å². The molecule has 0 saturated heterocycles. The molecule has 0 saturated carbocycles. The topological polar surface area (TPSA) is 47.9 Å². The van der Waals surface area contributed by atoms with Gasteiger partial charge in [0.1, 0.15) is 5.04 Å². The van der Waals surface area contributed by atoms with Crippen LogP contribution in [0.15, 0.2) is 23.1 Å². The van der Waals surface area contributed by atoms with Crippen LogP contribution in [0.1, 0.15) is 0 Å². The second-order valence-electron chi connectivity index (χ2n) is 2.10. The highest BCUT2D eigenvalue weighted by Crippen LogP contribution is 2.12. The van der Waals surface area contributed by atoms with Gasteiger partial charge in [-0.2, -0.15) is 0 Å². The first-order valence-electron chi connectivity index (χ1n) is 3.80. The van der Waals surface area contributed by atoms with E-state index in [1.807, 2.05) is 0 Å². The fourth-order valence-corrected chi connectivity index (χ4v) is 1.44. The Hall–Kier alpha value is -1.19. The number of carbonyl (C=O) groups excluding carboxylic acids is 1. The van der Waals surface area contributed by atoms with Gasteiger partial charge in [0, 0.05) is 7.05 Å². The summed E-state index contributed by atoms with van der Waals surface area (Å²) in [6.07, 6.45) is 0. The molecule has 0 aromatic rings. The minimum Gasteiger partial charge on any atom is -0.487 e. The summed E-state index contributed by atoms with van der Waals surface area (Å²) >= 11 is 1.22. The Kier molecular flexibility index (Phi) is 6.62. The fraction of sp³-hybridized carbons (Fsp3) is 0.444. The van der Waals surface area contributed by atoms with Crippen LogP contribution in [0.3, 0.4) is 0 Å². The first-order valence-corrected chi connectivity index (χ1v) is 4.79. The second kappa shape index (κ2) is 7.24. The molecule has 0 aromatic heterocycles. The number of ether oxygens (including phenoxy) is 2. The van der Waals surface area contributed by atoms with Gasteiger partial charge in [-0.15, -0.1) is 0 Å². The number of aliphatic imine (C=N–C) groups is 1. The molecule has 0 rings (SSSR count). The van der Waals surface area contributed by atoms with E-state index < -0.39 is 0 Å². The van der Waals surface area contributed by atoms with Gasteiger partial charge in [-0.1, -0.05) is 24.1 Å². The highest BCUT2D eigenvalue weighted by Gasteiger charge is 2.09. The minimum atomic E-state index is -0.310. The molecule has 0 aliphatic carbocycles. The molecule has 0 fully saturated rings. The lowest BCUT2D eigenvalue weighted by Crippen LogP contribution is -2.08. The molecule has 0 radical (unpaired) electrons. The molecule has 0 aliphatic heterocycles. The van der Waals surface area contributed by atoms with E-state index in [0.717, 1.165) is 0 Å². The van der Waals surface area contributed by atoms with Crippen molar-refractivity contribution in [3.8, 4) is 0 Å². The maximum atomic E-state index is 10.8. The largest absolute Gasteiger partial charge is 0.487 e. The molecule has 78 valence electrons. The van der Waals surface area contributed by atoms with E-state index in [0.29, 0.717) is 10.8 Å². The average molecular weight is 215 g/mol. The predicted molar refractivity (Wildman–Crippen MR) is 57.5 cm³/mol. The lowest BCUT2D eigenvalue weighted by atomic mass is 10.5. The van der Waals surface area contributed by atoms with Crippen LogP contribution < -0.4 is 0 Å². The summed E-state index contributed by atoms with van der Waals surface area (Å²) in [4.78, 5) is 14.8. The van der Waals surface area contributed by atoms with Crippen LogP contribution in [0, 0.1) is 0 Å². The van der Waals surface area contributed by atoms with Gasteiger partial charge in [-0.05, 0) is 0 Å². The van der Waals surface area contributed by atoms with Gasteiger partial charge in [0.05, 0.1) is 20.0 Å². The summed E-state index contributed by atoms with van der Waals surface area (Å²) in [7, 11) is 4.44. The zero-order valence-corrected chi connectivity index (χ0v) is 9.31. The number of hydrogen-bond donors (Lipinski definition) is 0. The summed E-state index contributed by atoms with van der Waals surface area (Å²) in [6, 6.07) is 0. The van der Waals surface area contributed by atoms with Crippen LogP contribution in [-0.4, -0.2) is 38.0 Å². The van der Waals surface area contributed by atoms with Gasteiger partial charge in [0.25, 0.3) is 0 Å². The molecule has 0 atom stereocenters. The van der Waals surface area contributed by atoms with Crippen molar-refractivity contribution in [1.82, 2.24) is 0 Å². The molecular weight excluding hydrogens is 202 g/mol. The molecule has 0 spiro atoms. The highest BCUT2D eigenvalue weighted by atomic mass is 32.2. The summed E-state index contributed by atoms with van der Waals surface area (Å²) in [6.45, 7) is 3.45. The van der Waals surface area contributed by atoms with Crippen LogP contribution >= 0.6 is 11.8 Å². The van der Waals surface area contributed by atoms with Gasteiger partial charge < -0.3 is 9.47 Å². The lowest BCUT2D eigenvalue weighted by Gasteiger charge is -2.05. The molecule has 0 amide bonds. The predicted octanol–water partition coefficient (Wildman–Crippen LogP) is 1.24. The third kappa shape index (κ3) is 4.16. The SMILES string of the molecule is C=C=C(OC)C(=NC)SCC(=O)OC. The maximum absolute atomic E-state index is 10.8. The molecule has 0 unspecified atom stereocenters. The normalized spacial score (nSPS) is 10.4. The average Bonchev–Trinajstić information content (AvgIpc) is 2.23. The summed E-state index contributed by atoms with van der Waals surface area (Å²) in [5, 5.41) is 0.577. The monoisotopic (exact) mass is 215 g/mol. The van der Waals surface area contributed by atoms with Crippen LogP contribution in [0.25, 0.3) is 0 Å². The maximum Gasteiger partial charge on any atom is 0.316 e. The Balaban J connectivity index is 4.32. The van der Waals surface area contributed by atoms with Crippen molar-refractivity contribution in [2.45, 2.75) is 0 Å². The number of thioether (sulfide) groups is 1. The molecule has 0 bridgehead atoms. The number of nitrogens with zero attached hydrogens (tertiary/aromatic N) is 1. The smallest absolute Gasteiger partial charge is 0.316 e. The third-order valence-electron chi connectivity index (χ3n) is 1.32. The number of carbonyl (C=O) groups is 1. The van der Waals surface area contributed by atoms with Crippen molar-refractivity contribution < 1.29 is 14.3 Å². The van der Waals surface area contributed by atoms with E-state index in [2.05, 4.69) is 22.0 Å². The first-order chi connectivity index (χ1) is 6.69. The number of hydrogen-bond acceptors (Lipinski definition) is 5. The molecular formula is C9H13NO3S. The summed E-state index contributed by atoms with van der Waals surface area (Å²) in [5.41, 5.74) is 2.59. The number of methoxy groups -OCH3 is 2. The Bertz CT molecular complexity index is 280. The van der Waals surface area contributed by atoms with Crippen molar-refractivity contribution in [2.75, 3.05) is 27.0 Å². The lowest BCUT2D eigenvalue weighted by molar-refractivity contribution is -0.137. The van der Waals surface area contributed by atoms with Crippen molar-refractivity contribution in [2.24, 2.45) is 4.99 Å². The minimum absolute atomic E-state index is 0.192. The van der Waals surface area contributed by atoms with Gasteiger partial charge >= 0.3 is 5.97 Å². The Morgan fingerprint density at radius 2 is 2.14 bits per heavy atom. The highest BCUT2D eigenvalue weighted by molar-refractivity contribution is 8.14. The number of rotatable bonds is 4. The van der Waals surface area contributed by atoms with Crippen molar-refractivity contribution in [3.63, 3.8) is 0 Å². The zero-order valence-electron chi connectivity index (χ0n) is 8.49. The first kappa shape index (κ1) is 12.8. The van der Waals surface area contributed by atoms with Gasteiger partial charge in [0.15, 0.2) is 5.76 Å². The molecule has 5 heteroatoms. The molecule has 14 heavy (non-hydrogen) atoms. The van der Waals surface area contributed by atoms with Crippen molar-refractivity contribution in [1.29, 1.82) is 0 Å². The molecule has 0 aliphatic rings. The third-order valence-corrected chi connectivity index (χ3v) is 2.34. The quantitative estimate of drug-likeness (QED) is 0.233. The Morgan fingerprint density at radius 3 is 2.50 bits per heavy atom. The van der Waals surface area contributed by atoms with Gasteiger partial charge in [0.2, 0.25) is 0 Å². The second-order valence-corrected chi connectivity index (χ2v) is 3.07. The fourth-order valence-electron chi connectivity index (χ4n) is 0.653. The van der Waals surface area contributed by atoms with Crippen LogP contribution in [0.5, 0.6) is 0 Å². The van der Waals surface area contributed by atoms with E-state index in [1.165, 1.54) is 26.0 Å². The molecule has 0 aromatic carbocycles. The standard InChI is InChI=1S/C9H13NO3S/c1-5-7(12-3)9(10-2)14-6-8(11)13-4/h1,6H2,2-4H3. The van der Waals surface area contributed by atoms with Gasteiger partial charge in [-0.25, -0.2) is 0 Å². The Labute approximate surface area is 87.7 Å². The van der Waals surface area contributed by atoms with Crippen LogP contribution in [0.4, 0.5) is 0 Å².